The number of amides is 1. The summed E-state index contributed by atoms with van der Waals surface area (Å²) in [6.07, 6.45) is 1.68. The van der Waals surface area contributed by atoms with Crippen molar-refractivity contribution in [2.75, 3.05) is 5.32 Å². The van der Waals surface area contributed by atoms with Crippen molar-refractivity contribution >= 4 is 34.9 Å². The van der Waals surface area contributed by atoms with E-state index in [1.807, 2.05) is 45.0 Å². The molecule has 6 nitrogen and oxygen atoms in total. The number of halogens is 2. The molecular weight excluding hydrogens is 373 g/mol. The van der Waals surface area contributed by atoms with Gasteiger partial charge in [0.05, 0.1) is 17.8 Å². The molecule has 0 radical (unpaired) electrons. The number of benzene rings is 1. The average Bonchev–Trinajstić information content (AvgIpc) is 3.08. The first-order valence-corrected chi connectivity index (χ1v) is 8.97. The Morgan fingerprint density at radius 1 is 1.15 bits per heavy atom. The van der Waals surface area contributed by atoms with Crippen LogP contribution in [0.3, 0.4) is 0 Å². The van der Waals surface area contributed by atoms with Crippen molar-refractivity contribution in [3.05, 3.63) is 63.0 Å². The molecule has 0 aliphatic carbocycles. The van der Waals surface area contributed by atoms with E-state index in [0.29, 0.717) is 40.2 Å². The fourth-order valence-corrected chi connectivity index (χ4v) is 3.17. The van der Waals surface area contributed by atoms with E-state index >= 15 is 0 Å². The Hall–Kier alpha value is -2.31. The van der Waals surface area contributed by atoms with Crippen LogP contribution in [0.1, 0.15) is 34.2 Å². The fourth-order valence-electron chi connectivity index (χ4n) is 2.84. The van der Waals surface area contributed by atoms with Crippen LogP contribution in [0.15, 0.2) is 30.5 Å². The summed E-state index contributed by atoms with van der Waals surface area (Å²) in [5.41, 5.74) is 3.08. The van der Waals surface area contributed by atoms with Gasteiger partial charge in [-0.3, -0.25) is 14.2 Å². The summed E-state index contributed by atoms with van der Waals surface area (Å²) in [7, 11) is 0. The molecule has 0 unspecified atom stereocenters. The third kappa shape index (κ3) is 3.76. The van der Waals surface area contributed by atoms with Gasteiger partial charge in [0.25, 0.3) is 5.91 Å². The highest BCUT2D eigenvalue weighted by Crippen LogP contribution is 2.22. The van der Waals surface area contributed by atoms with Crippen molar-refractivity contribution in [3.8, 4) is 0 Å². The van der Waals surface area contributed by atoms with Crippen molar-refractivity contribution in [1.29, 1.82) is 0 Å². The number of aromatic nitrogens is 4. The molecule has 1 N–H and O–H groups in total. The molecule has 0 aliphatic heterocycles. The highest BCUT2D eigenvalue weighted by molar-refractivity contribution is 6.33. The molecular formula is C18H19Cl2N5O. The highest BCUT2D eigenvalue weighted by Gasteiger charge is 2.20. The summed E-state index contributed by atoms with van der Waals surface area (Å²) in [6, 6.07) is 7.48. The lowest BCUT2D eigenvalue weighted by Crippen LogP contribution is -2.15. The van der Waals surface area contributed by atoms with Gasteiger partial charge in [-0.25, -0.2) is 0 Å². The highest BCUT2D eigenvalue weighted by atomic mass is 35.5. The minimum Gasteiger partial charge on any atom is -0.304 e. The quantitative estimate of drug-likeness (QED) is 0.703. The van der Waals surface area contributed by atoms with Crippen LogP contribution in [-0.2, 0) is 13.1 Å². The van der Waals surface area contributed by atoms with Gasteiger partial charge in [0.15, 0.2) is 5.82 Å². The molecule has 2 heterocycles. The largest absolute Gasteiger partial charge is 0.304 e. The number of carbonyl (C=O) groups is 1. The molecule has 2 aromatic heterocycles. The van der Waals surface area contributed by atoms with Crippen molar-refractivity contribution in [1.82, 2.24) is 19.6 Å². The molecule has 0 saturated heterocycles. The summed E-state index contributed by atoms with van der Waals surface area (Å²) in [5.74, 6) is 0.0621. The van der Waals surface area contributed by atoms with Gasteiger partial charge in [-0.15, -0.1) is 0 Å². The minimum atomic E-state index is -0.265. The van der Waals surface area contributed by atoms with E-state index in [1.54, 1.807) is 15.6 Å². The van der Waals surface area contributed by atoms with E-state index in [-0.39, 0.29) is 5.91 Å². The Labute approximate surface area is 161 Å². The van der Waals surface area contributed by atoms with Crippen LogP contribution in [0.2, 0.25) is 10.0 Å². The predicted molar refractivity (Wildman–Crippen MR) is 103 cm³/mol. The number of anilines is 1. The molecule has 0 spiro atoms. The Balaban J connectivity index is 1.78. The van der Waals surface area contributed by atoms with Gasteiger partial charge in [0, 0.05) is 23.5 Å². The number of aryl methyl sites for hydroxylation is 2. The van der Waals surface area contributed by atoms with Crippen LogP contribution < -0.4 is 5.32 Å². The summed E-state index contributed by atoms with van der Waals surface area (Å²) < 4.78 is 3.47. The second-order valence-corrected chi connectivity index (χ2v) is 6.81. The van der Waals surface area contributed by atoms with E-state index in [9.17, 15) is 4.79 Å². The van der Waals surface area contributed by atoms with Crippen LogP contribution in [0.25, 0.3) is 0 Å². The lowest BCUT2D eigenvalue weighted by atomic mass is 10.2. The number of nitrogens with zero attached hydrogens (tertiary/aromatic N) is 4. The predicted octanol–water partition coefficient (Wildman–Crippen LogP) is 4.32. The van der Waals surface area contributed by atoms with Crippen LogP contribution in [0, 0.1) is 13.8 Å². The molecule has 3 rings (SSSR count). The molecule has 26 heavy (non-hydrogen) atoms. The molecule has 0 bridgehead atoms. The van der Waals surface area contributed by atoms with Crippen molar-refractivity contribution in [3.63, 3.8) is 0 Å². The molecule has 3 aromatic rings. The van der Waals surface area contributed by atoms with Crippen LogP contribution >= 0.6 is 23.2 Å². The smallest absolute Gasteiger partial charge is 0.260 e. The van der Waals surface area contributed by atoms with Crippen LogP contribution in [0.4, 0.5) is 5.82 Å². The SMILES string of the molecule is CCn1nc(C)c(C(=O)Nc2nn(Cc3ccc(Cl)cc3)cc2Cl)c1C. The normalized spacial score (nSPS) is 11.0. The van der Waals surface area contributed by atoms with E-state index in [0.717, 1.165) is 11.3 Å². The summed E-state index contributed by atoms with van der Waals surface area (Å²) in [4.78, 5) is 12.7. The van der Waals surface area contributed by atoms with Crippen LogP contribution in [0.5, 0.6) is 0 Å². The Kier molecular flexibility index (Phi) is 5.34. The zero-order valence-electron chi connectivity index (χ0n) is 14.8. The molecule has 1 amide bonds. The zero-order chi connectivity index (χ0) is 18.8. The van der Waals surface area contributed by atoms with Crippen molar-refractivity contribution < 1.29 is 4.79 Å². The lowest BCUT2D eigenvalue weighted by molar-refractivity contribution is 0.102. The topological polar surface area (TPSA) is 64.7 Å². The number of nitrogens with one attached hydrogen (secondary N) is 1. The van der Waals surface area contributed by atoms with E-state index in [1.165, 1.54) is 0 Å². The first-order valence-electron chi connectivity index (χ1n) is 8.21. The van der Waals surface area contributed by atoms with Gasteiger partial charge in [-0.1, -0.05) is 35.3 Å². The zero-order valence-corrected chi connectivity index (χ0v) is 16.3. The van der Waals surface area contributed by atoms with Gasteiger partial charge < -0.3 is 5.32 Å². The maximum absolute atomic E-state index is 12.7. The number of rotatable bonds is 5. The Bertz CT molecular complexity index is 943. The molecule has 0 atom stereocenters. The monoisotopic (exact) mass is 391 g/mol. The van der Waals surface area contributed by atoms with Crippen molar-refractivity contribution in [2.24, 2.45) is 0 Å². The summed E-state index contributed by atoms with van der Waals surface area (Å²) >= 11 is 12.1. The third-order valence-electron chi connectivity index (χ3n) is 4.11. The molecule has 8 heteroatoms. The van der Waals surface area contributed by atoms with E-state index < -0.39 is 0 Å². The molecule has 0 aliphatic rings. The third-order valence-corrected chi connectivity index (χ3v) is 4.64. The number of carbonyl (C=O) groups excluding carboxylic acids is 1. The lowest BCUT2D eigenvalue weighted by Gasteiger charge is -2.04. The number of hydrogen-bond acceptors (Lipinski definition) is 3. The Morgan fingerprint density at radius 3 is 2.46 bits per heavy atom. The van der Waals surface area contributed by atoms with Gasteiger partial charge in [0.2, 0.25) is 0 Å². The average molecular weight is 392 g/mol. The second-order valence-electron chi connectivity index (χ2n) is 5.97. The summed E-state index contributed by atoms with van der Waals surface area (Å²) in [6.45, 7) is 6.90. The minimum absolute atomic E-state index is 0.265. The first kappa shape index (κ1) is 18.5. The molecule has 136 valence electrons. The fraction of sp³-hybridized carbons (Fsp3) is 0.278. The maximum atomic E-state index is 12.7. The van der Waals surface area contributed by atoms with Gasteiger partial charge in [0.1, 0.15) is 5.02 Å². The molecule has 1 aromatic carbocycles. The molecule has 0 saturated carbocycles. The van der Waals surface area contributed by atoms with Gasteiger partial charge in [-0.05, 0) is 38.5 Å². The second kappa shape index (κ2) is 7.51. The standard InChI is InChI=1S/C18H19Cl2N5O/c1-4-25-12(3)16(11(2)22-25)18(26)21-17-15(20)10-24(23-17)9-13-5-7-14(19)8-6-13/h5-8,10H,4,9H2,1-3H3,(H,21,23,26). The Morgan fingerprint density at radius 2 is 1.85 bits per heavy atom. The van der Waals surface area contributed by atoms with Gasteiger partial charge in [-0.2, -0.15) is 10.2 Å². The van der Waals surface area contributed by atoms with Gasteiger partial charge >= 0.3 is 0 Å². The summed E-state index contributed by atoms with van der Waals surface area (Å²) in [5, 5.41) is 12.6. The van der Waals surface area contributed by atoms with E-state index in [2.05, 4.69) is 15.5 Å². The number of hydrogen-bond donors (Lipinski definition) is 1. The van der Waals surface area contributed by atoms with Crippen molar-refractivity contribution in [2.45, 2.75) is 33.9 Å². The first-order chi connectivity index (χ1) is 12.4. The van der Waals surface area contributed by atoms with Crippen LogP contribution in [-0.4, -0.2) is 25.5 Å². The molecule has 0 fully saturated rings. The maximum Gasteiger partial charge on any atom is 0.260 e. The van der Waals surface area contributed by atoms with E-state index in [4.69, 9.17) is 23.2 Å².